The summed E-state index contributed by atoms with van der Waals surface area (Å²) in [4.78, 5) is 27.4. The van der Waals surface area contributed by atoms with Gasteiger partial charge in [0.25, 0.3) is 5.91 Å². The Balaban J connectivity index is 1.79. The zero-order valence-electron chi connectivity index (χ0n) is 11.9. The smallest absolute Gasteiger partial charge is 0.325 e. The van der Waals surface area contributed by atoms with E-state index in [0.29, 0.717) is 12.6 Å². The van der Waals surface area contributed by atoms with E-state index in [1.54, 1.807) is 13.8 Å². The Kier molecular flexibility index (Phi) is 4.10. The number of nitrogens with zero attached hydrogens (tertiary/aromatic N) is 2. The maximum Gasteiger partial charge on any atom is 0.325 e. The number of amides is 3. The summed E-state index contributed by atoms with van der Waals surface area (Å²) in [5, 5.41) is 2.69. The van der Waals surface area contributed by atoms with Gasteiger partial charge >= 0.3 is 6.03 Å². The molecule has 3 amide bonds. The van der Waals surface area contributed by atoms with E-state index < -0.39 is 5.54 Å². The predicted molar refractivity (Wildman–Crippen MR) is 70.8 cm³/mol. The average Bonchev–Trinajstić information content (AvgIpc) is 2.53. The zero-order valence-corrected chi connectivity index (χ0v) is 11.9. The minimum atomic E-state index is -0.761. The van der Waals surface area contributed by atoms with Gasteiger partial charge in [-0.3, -0.25) is 14.6 Å². The highest BCUT2D eigenvalue weighted by molar-refractivity contribution is 6.06. The van der Waals surface area contributed by atoms with Crippen molar-refractivity contribution in [3.63, 3.8) is 0 Å². The number of hydrogen-bond acceptors (Lipinski definition) is 4. The second kappa shape index (κ2) is 5.46. The molecule has 2 aliphatic heterocycles. The standard InChI is InChI=1S/C13H23N3O3/c1-10-9-19-8-7-15(10)5-4-6-16-11(17)13(2,3)14-12(16)18/h10H,4-9H2,1-3H3,(H,14,18)/t10-/m1/s1. The molecule has 2 aliphatic rings. The van der Waals surface area contributed by atoms with Crippen LogP contribution in [0.25, 0.3) is 0 Å². The summed E-state index contributed by atoms with van der Waals surface area (Å²) < 4.78 is 5.38. The summed E-state index contributed by atoms with van der Waals surface area (Å²) in [5.41, 5.74) is -0.761. The zero-order chi connectivity index (χ0) is 14.0. The van der Waals surface area contributed by atoms with Crippen molar-refractivity contribution in [3.05, 3.63) is 0 Å². The van der Waals surface area contributed by atoms with Crippen LogP contribution in [0, 0.1) is 0 Å². The van der Waals surface area contributed by atoms with E-state index in [0.717, 1.165) is 32.7 Å². The van der Waals surface area contributed by atoms with Crippen LogP contribution in [0.3, 0.4) is 0 Å². The van der Waals surface area contributed by atoms with Gasteiger partial charge in [-0.1, -0.05) is 0 Å². The quantitative estimate of drug-likeness (QED) is 0.752. The molecule has 2 fully saturated rings. The highest BCUT2D eigenvalue weighted by atomic mass is 16.5. The van der Waals surface area contributed by atoms with Gasteiger partial charge in [-0.25, -0.2) is 4.79 Å². The third-order valence-corrected chi connectivity index (χ3v) is 3.78. The maximum atomic E-state index is 12.0. The molecule has 0 spiro atoms. The van der Waals surface area contributed by atoms with Crippen LogP contribution in [0.1, 0.15) is 27.2 Å². The second-order valence-corrected chi connectivity index (χ2v) is 5.83. The third-order valence-electron chi connectivity index (χ3n) is 3.78. The van der Waals surface area contributed by atoms with Crippen LogP contribution in [-0.2, 0) is 9.53 Å². The molecule has 0 radical (unpaired) electrons. The molecule has 2 rings (SSSR count). The first kappa shape index (κ1) is 14.3. The number of hydrogen-bond donors (Lipinski definition) is 1. The molecule has 1 atom stereocenters. The average molecular weight is 269 g/mol. The van der Waals surface area contributed by atoms with Crippen LogP contribution < -0.4 is 5.32 Å². The number of nitrogens with one attached hydrogen (secondary N) is 1. The number of urea groups is 1. The normalized spacial score (nSPS) is 27.7. The summed E-state index contributed by atoms with van der Waals surface area (Å²) in [6, 6.07) is 0.137. The number of imide groups is 1. The molecule has 6 heteroatoms. The van der Waals surface area contributed by atoms with Crippen LogP contribution in [0.4, 0.5) is 4.79 Å². The summed E-state index contributed by atoms with van der Waals surface area (Å²) in [6.07, 6.45) is 0.805. The minimum absolute atomic E-state index is 0.132. The Bertz CT molecular complexity index is 370. The van der Waals surface area contributed by atoms with Crippen LogP contribution in [0.2, 0.25) is 0 Å². The summed E-state index contributed by atoms with van der Waals surface area (Å²) in [6.45, 7) is 9.42. The second-order valence-electron chi connectivity index (χ2n) is 5.83. The fourth-order valence-corrected chi connectivity index (χ4v) is 2.55. The van der Waals surface area contributed by atoms with Gasteiger partial charge in [-0.15, -0.1) is 0 Å². The SMILES string of the molecule is C[C@@H]1COCCN1CCCN1C(=O)NC(C)(C)C1=O. The first-order valence-electron chi connectivity index (χ1n) is 6.88. The predicted octanol–water partition coefficient (Wildman–Crippen LogP) is 0.428. The van der Waals surface area contributed by atoms with Gasteiger partial charge in [-0.05, 0) is 27.2 Å². The van der Waals surface area contributed by atoms with Crippen molar-refractivity contribution < 1.29 is 14.3 Å². The lowest BCUT2D eigenvalue weighted by Crippen LogP contribution is -2.45. The Morgan fingerprint density at radius 2 is 2.11 bits per heavy atom. The van der Waals surface area contributed by atoms with Gasteiger partial charge in [0, 0.05) is 25.7 Å². The molecule has 108 valence electrons. The Labute approximate surface area is 114 Å². The van der Waals surface area contributed by atoms with E-state index >= 15 is 0 Å². The minimum Gasteiger partial charge on any atom is -0.379 e. The molecule has 0 aromatic carbocycles. The van der Waals surface area contributed by atoms with E-state index in [-0.39, 0.29) is 11.9 Å². The van der Waals surface area contributed by atoms with Crippen molar-refractivity contribution in [3.8, 4) is 0 Å². The van der Waals surface area contributed by atoms with Crippen molar-refractivity contribution >= 4 is 11.9 Å². The van der Waals surface area contributed by atoms with Crippen LogP contribution in [-0.4, -0.2) is 66.2 Å². The van der Waals surface area contributed by atoms with Gasteiger partial charge in [0.1, 0.15) is 5.54 Å². The lowest BCUT2D eigenvalue weighted by atomic mass is 10.1. The molecular formula is C13H23N3O3. The number of carbonyl (C=O) groups excluding carboxylic acids is 2. The van der Waals surface area contributed by atoms with Crippen LogP contribution in [0.15, 0.2) is 0 Å². The van der Waals surface area contributed by atoms with Crippen molar-refractivity contribution in [2.75, 3.05) is 32.8 Å². The number of rotatable bonds is 4. The highest BCUT2D eigenvalue weighted by Crippen LogP contribution is 2.17. The highest BCUT2D eigenvalue weighted by Gasteiger charge is 2.43. The third kappa shape index (κ3) is 3.06. The maximum absolute atomic E-state index is 12.0. The molecule has 0 saturated carbocycles. The fourth-order valence-electron chi connectivity index (χ4n) is 2.55. The molecular weight excluding hydrogens is 246 g/mol. The van der Waals surface area contributed by atoms with Crippen molar-refractivity contribution in [2.45, 2.75) is 38.8 Å². The van der Waals surface area contributed by atoms with Gasteiger partial charge in [0.15, 0.2) is 0 Å². The lowest BCUT2D eigenvalue weighted by Gasteiger charge is -2.33. The van der Waals surface area contributed by atoms with Gasteiger partial charge in [0.2, 0.25) is 0 Å². The molecule has 6 nitrogen and oxygen atoms in total. The van der Waals surface area contributed by atoms with Crippen molar-refractivity contribution in [1.82, 2.24) is 15.1 Å². The summed E-state index contributed by atoms with van der Waals surface area (Å²) in [7, 11) is 0. The lowest BCUT2D eigenvalue weighted by molar-refractivity contribution is -0.130. The number of carbonyl (C=O) groups is 2. The molecule has 0 unspecified atom stereocenters. The fraction of sp³-hybridized carbons (Fsp3) is 0.846. The first-order chi connectivity index (χ1) is 8.92. The van der Waals surface area contributed by atoms with E-state index in [1.165, 1.54) is 4.90 Å². The number of morpholine rings is 1. The molecule has 0 aromatic rings. The van der Waals surface area contributed by atoms with Gasteiger partial charge < -0.3 is 10.1 Å². The van der Waals surface area contributed by atoms with E-state index in [4.69, 9.17) is 4.74 Å². The Hall–Kier alpha value is -1.14. The van der Waals surface area contributed by atoms with E-state index in [2.05, 4.69) is 17.1 Å². The largest absolute Gasteiger partial charge is 0.379 e. The van der Waals surface area contributed by atoms with Crippen LogP contribution in [0.5, 0.6) is 0 Å². The van der Waals surface area contributed by atoms with Gasteiger partial charge in [-0.2, -0.15) is 0 Å². The Morgan fingerprint density at radius 1 is 1.37 bits per heavy atom. The van der Waals surface area contributed by atoms with E-state index in [9.17, 15) is 9.59 Å². The molecule has 1 N–H and O–H groups in total. The monoisotopic (exact) mass is 269 g/mol. The molecule has 19 heavy (non-hydrogen) atoms. The van der Waals surface area contributed by atoms with Gasteiger partial charge in [0.05, 0.1) is 13.2 Å². The molecule has 0 aliphatic carbocycles. The molecule has 2 saturated heterocycles. The molecule has 0 aromatic heterocycles. The first-order valence-corrected chi connectivity index (χ1v) is 6.88. The topological polar surface area (TPSA) is 61.9 Å². The Morgan fingerprint density at radius 3 is 2.68 bits per heavy atom. The summed E-state index contributed by atoms with van der Waals surface area (Å²) in [5.74, 6) is -0.132. The van der Waals surface area contributed by atoms with Crippen molar-refractivity contribution in [2.24, 2.45) is 0 Å². The van der Waals surface area contributed by atoms with Crippen molar-refractivity contribution in [1.29, 1.82) is 0 Å². The molecule has 0 bridgehead atoms. The molecule has 2 heterocycles. The van der Waals surface area contributed by atoms with E-state index in [1.807, 2.05) is 0 Å². The summed E-state index contributed by atoms with van der Waals surface area (Å²) >= 11 is 0. The van der Waals surface area contributed by atoms with Crippen LogP contribution >= 0.6 is 0 Å². The number of ether oxygens (including phenoxy) is 1.